The van der Waals surface area contributed by atoms with Gasteiger partial charge in [0, 0.05) is 46.7 Å². The second-order valence-corrected chi connectivity index (χ2v) is 6.76. The van der Waals surface area contributed by atoms with E-state index in [0.29, 0.717) is 28.0 Å². The number of primary amides is 1. The molecule has 8 nitrogen and oxygen atoms in total. The first-order valence-electron chi connectivity index (χ1n) is 9.40. The van der Waals surface area contributed by atoms with Crippen LogP contribution in [0.25, 0.3) is 22.2 Å². The Morgan fingerprint density at radius 2 is 1.84 bits per heavy atom. The van der Waals surface area contributed by atoms with Crippen molar-refractivity contribution < 1.29 is 28.2 Å². The Hall–Kier alpha value is -4.18. The number of fused-ring (bicyclic) bond motifs is 1. The molecule has 0 aliphatic rings. The first-order chi connectivity index (χ1) is 15.4. The van der Waals surface area contributed by atoms with Crippen LogP contribution in [-0.4, -0.2) is 45.0 Å². The van der Waals surface area contributed by atoms with Gasteiger partial charge in [0.25, 0.3) is 5.91 Å². The molecule has 0 fully saturated rings. The number of hydrogen-bond acceptors (Lipinski definition) is 6. The Bertz CT molecular complexity index is 1340. The number of nitrogens with one attached hydrogen (secondary N) is 1. The number of aromatic amines is 1. The quantitative estimate of drug-likeness (QED) is 0.380. The van der Waals surface area contributed by atoms with E-state index in [0.717, 1.165) is 12.1 Å². The summed E-state index contributed by atoms with van der Waals surface area (Å²) in [5.74, 6) is -4.17. The molecular formula is C22H16F2N4O4. The summed E-state index contributed by atoms with van der Waals surface area (Å²) in [6.45, 7) is -0.0311. The fourth-order valence-electron chi connectivity index (χ4n) is 3.22. The molecule has 0 bridgehead atoms. The highest BCUT2D eigenvalue weighted by Gasteiger charge is 2.25. The Kier molecular flexibility index (Phi) is 5.61. The lowest BCUT2D eigenvalue weighted by molar-refractivity contribution is 0.0996. The van der Waals surface area contributed by atoms with E-state index in [1.54, 1.807) is 24.4 Å². The van der Waals surface area contributed by atoms with Gasteiger partial charge in [-0.1, -0.05) is 0 Å². The number of aliphatic hydroxyl groups excluding tert-OH is 1. The number of nitrogens with two attached hydrogens (primary N) is 1. The van der Waals surface area contributed by atoms with E-state index < -0.39 is 34.5 Å². The van der Waals surface area contributed by atoms with Gasteiger partial charge in [0.15, 0.2) is 0 Å². The molecule has 0 unspecified atom stereocenters. The maximum Gasteiger partial charge on any atom is 0.251 e. The molecule has 10 heteroatoms. The Morgan fingerprint density at radius 1 is 1.06 bits per heavy atom. The predicted octanol–water partition coefficient (Wildman–Crippen LogP) is 2.60. The largest absolute Gasteiger partial charge is 0.475 e. The van der Waals surface area contributed by atoms with Crippen LogP contribution < -0.4 is 10.5 Å². The molecule has 1 aromatic carbocycles. The third-order valence-corrected chi connectivity index (χ3v) is 4.77. The maximum absolute atomic E-state index is 14.7. The van der Waals surface area contributed by atoms with E-state index >= 15 is 0 Å². The van der Waals surface area contributed by atoms with Gasteiger partial charge in [-0.2, -0.15) is 0 Å². The molecule has 3 heterocycles. The number of carbonyl (C=O) groups excluding carboxylic acids is 2. The average Bonchev–Trinajstić information content (AvgIpc) is 3.21. The number of ketones is 1. The number of benzene rings is 1. The number of nitrogens with zero attached hydrogens (tertiary/aromatic N) is 2. The van der Waals surface area contributed by atoms with Gasteiger partial charge in [-0.25, -0.2) is 18.7 Å². The van der Waals surface area contributed by atoms with Gasteiger partial charge in [-0.15, -0.1) is 0 Å². The van der Waals surface area contributed by atoms with E-state index in [9.17, 15) is 18.4 Å². The zero-order valence-electron chi connectivity index (χ0n) is 16.4. The minimum atomic E-state index is -1.32. The van der Waals surface area contributed by atoms with Crippen molar-refractivity contribution >= 4 is 22.7 Å². The molecule has 1 amide bonds. The van der Waals surface area contributed by atoms with Crippen molar-refractivity contribution in [2.24, 2.45) is 5.73 Å². The number of amides is 1. The van der Waals surface area contributed by atoms with Crippen LogP contribution in [0.3, 0.4) is 0 Å². The summed E-state index contributed by atoms with van der Waals surface area (Å²) >= 11 is 0. The fourth-order valence-corrected chi connectivity index (χ4v) is 3.22. The summed E-state index contributed by atoms with van der Waals surface area (Å²) in [4.78, 5) is 35.6. The van der Waals surface area contributed by atoms with Crippen molar-refractivity contribution in [1.29, 1.82) is 0 Å². The van der Waals surface area contributed by atoms with E-state index in [1.807, 2.05) is 0 Å². The van der Waals surface area contributed by atoms with Gasteiger partial charge in [-0.05, 0) is 24.3 Å². The molecule has 0 aliphatic carbocycles. The van der Waals surface area contributed by atoms with Crippen LogP contribution in [0.2, 0.25) is 0 Å². The Morgan fingerprint density at radius 3 is 2.53 bits per heavy atom. The smallest absolute Gasteiger partial charge is 0.251 e. The van der Waals surface area contributed by atoms with Crippen molar-refractivity contribution in [2.75, 3.05) is 13.2 Å². The van der Waals surface area contributed by atoms with Crippen molar-refractivity contribution in [1.82, 2.24) is 15.0 Å². The second-order valence-electron chi connectivity index (χ2n) is 6.76. The predicted molar refractivity (Wildman–Crippen MR) is 110 cm³/mol. The lowest BCUT2D eigenvalue weighted by atomic mass is 9.98. The third-order valence-electron chi connectivity index (χ3n) is 4.77. The standard InChI is InChI=1S/C22H16F2N4O4/c23-16-3-2-13(21(25)31)19(24)18(16)20(30)15-10-28-22-14(15)7-12(9-27-22)11-1-4-17(26-8-11)32-6-5-29/h1-4,7-10,29H,5-6H2,(H2,25,31)(H,27,28). The molecule has 4 rings (SSSR count). The summed E-state index contributed by atoms with van der Waals surface area (Å²) in [5.41, 5.74) is 5.21. The molecule has 0 radical (unpaired) electrons. The van der Waals surface area contributed by atoms with Gasteiger partial charge in [0.05, 0.1) is 17.7 Å². The van der Waals surface area contributed by atoms with Gasteiger partial charge in [-0.3, -0.25) is 9.59 Å². The first-order valence-corrected chi connectivity index (χ1v) is 9.40. The molecule has 32 heavy (non-hydrogen) atoms. The number of halogens is 2. The molecule has 0 aliphatic heterocycles. The Labute approximate surface area is 179 Å². The highest BCUT2D eigenvalue weighted by molar-refractivity contribution is 6.17. The van der Waals surface area contributed by atoms with Crippen LogP contribution >= 0.6 is 0 Å². The van der Waals surface area contributed by atoms with Crippen molar-refractivity contribution in [3.05, 3.63) is 77.2 Å². The van der Waals surface area contributed by atoms with Crippen molar-refractivity contribution in [2.45, 2.75) is 0 Å². The number of hydrogen-bond donors (Lipinski definition) is 3. The summed E-state index contributed by atoms with van der Waals surface area (Å²) in [7, 11) is 0. The lowest BCUT2D eigenvalue weighted by Crippen LogP contribution is -2.17. The maximum atomic E-state index is 14.7. The molecule has 4 aromatic rings. The van der Waals surface area contributed by atoms with Crippen molar-refractivity contribution in [3.63, 3.8) is 0 Å². The zero-order chi connectivity index (χ0) is 22.8. The number of H-pyrrole nitrogens is 1. The van der Waals surface area contributed by atoms with E-state index in [2.05, 4.69) is 15.0 Å². The molecule has 4 N–H and O–H groups in total. The summed E-state index contributed by atoms with van der Waals surface area (Å²) in [6.07, 6.45) is 4.37. The molecule has 0 atom stereocenters. The second kappa shape index (κ2) is 8.52. The SMILES string of the molecule is NC(=O)c1ccc(F)c(C(=O)c2c[nH]c3ncc(-c4ccc(OCCO)nc4)cc23)c1F. The van der Waals surface area contributed by atoms with Gasteiger partial charge in [0.1, 0.15) is 23.9 Å². The number of carbonyl (C=O) groups is 2. The molecule has 0 spiro atoms. The summed E-state index contributed by atoms with van der Waals surface area (Å²) in [5, 5.41) is 9.14. The summed E-state index contributed by atoms with van der Waals surface area (Å²) in [6, 6.07) is 6.66. The molecule has 0 saturated heterocycles. The van der Waals surface area contributed by atoms with Crippen LogP contribution in [0, 0.1) is 11.6 Å². The number of ether oxygens (including phenoxy) is 1. The molecular weight excluding hydrogens is 422 g/mol. The van der Waals surface area contributed by atoms with E-state index in [1.165, 1.54) is 12.4 Å². The van der Waals surface area contributed by atoms with Crippen LogP contribution in [0.4, 0.5) is 8.78 Å². The number of aliphatic hydroxyl groups is 1. The van der Waals surface area contributed by atoms with Crippen LogP contribution in [0.1, 0.15) is 26.3 Å². The Balaban J connectivity index is 1.75. The monoisotopic (exact) mass is 438 g/mol. The van der Waals surface area contributed by atoms with Crippen LogP contribution in [-0.2, 0) is 0 Å². The first kappa shape index (κ1) is 21.1. The van der Waals surface area contributed by atoms with Crippen molar-refractivity contribution in [3.8, 4) is 17.0 Å². The summed E-state index contributed by atoms with van der Waals surface area (Å²) < 4.78 is 34.2. The van der Waals surface area contributed by atoms with Gasteiger partial charge in [0.2, 0.25) is 11.7 Å². The minimum Gasteiger partial charge on any atom is -0.475 e. The topological polar surface area (TPSA) is 131 Å². The molecule has 0 saturated carbocycles. The lowest BCUT2D eigenvalue weighted by Gasteiger charge is -2.07. The van der Waals surface area contributed by atoms with Gasteiger partial charge < -0.3 is 20.6 Å². The number of aromatic nitrogens is 3. The highest BCUT2D eigenvalue weighted by Crippen LogP contribution is 2.28. The number of rotatable bonds is 7. The minimum absolute atomic E-state index is 0.0235. The fraction of sp³-hybridized carbons (Fsp3) is 0.0909. The normalized spacial score (nSPS) is 11.0. The number of pyridine rings is 2. The molecule has 162 valence electrons. The van der Waals surface area contributed by atoms with Crippen LogP contribution in [0.15, 0.2) is 48.9 Å². The average molecular weight is 438 g/mol. The van der Waals surface area contributed by atoms with E-state index in [4.69, 9.17) is 15.6 Å². The molecule has 3 aromatic heterocycles. The van der Waals surface area contributed by atoms with Gasteiger partial charge >= 0.3 is 0 Å². The van der Waals surface area contributed by atoms with E-state index in [-0.39, 0.29) is 18.8 Å². The highest BCUT2D eigenvalue weighted by atomic mass is 19.1. The van der Waals surface area contributed by atoms with Crippen LogP contribution in [0.5, 0.6) is 5.88 Å². The third kappa shape index (κ3) is 3.79. The zero-order valence-corrected chi connectivity index (χ0v) is 16.4.